The van der Waals surface area contributed by atoms with Crippen LogP contribution in [0.3, 0.4) is 0 Å². The van der Waals surface area contributed by atoms with Gasteiger partial charge in [-0.05, 0) is 0 Å². The molecule has 0 atom stereocenters. The lowest BCUT2D eigenvalue weighted by atomic mass is 9.87. The molecule has 206 valence electrons. The van der Waals surface area contributed by atoms with Crippen LogP contribution in [0.2, 0.25) is 0 Å². The first-order chi connectivity index (χ1) is 15.7. The Bertz CT molecular complexity index is 989. The van der Waals surface area contributed by atoms with Crippen LogP contribution in [0.25, 0.3) is 0 Å². The van der Waals surface area contributed by atoms with Gasteiger partial charge in [0.05, 0.1) is 6.26 Å². The SMILES string of the molecule is O=C(/C=C/O)c1ccc(C(F)(F)C(F)(F)C(F)(F)C(F)(F)C(F)(F)C(F)(F)C(F)(F)C(F)(F)F)cc1. The van der Waals surface area contributed by atoms with Crippen LogP contribution < -0.4 is 0 Å². The van der Waals surface area contributed by atoms with E-state index in [4.69, 9.17) is 5.11 Å². The van der Waals surface area contributed by atoms with Gasteiger partial charge >= 0.3 is 47.6 Å². The van der Waals surface area contributed by atoms with Gasteiger partial charge in [-0.2, -0.15) is 74.6 Å². The smallest absolute Gasteiger partial charge is 0.460 e. The second kappa shape index (κ2) is 8.67. The monoisotopic (exact) mass is 566 g/mol. The van der Waals surface area contributed by atoms with Crippen molar-refractivity contribution < 1.29 is 84.5 Å². The van der Waals surface area contributed by atoms with E-state index < -0.39 is 64.5 Å². The van der Waals surface area contributed by atoms with Crippen molar-refractivity contribution in [1.82, 2.24) is 0 Å². The zero-order valence-electron chi connectivity index (χ0n) is 16.2. The summed E-state index contributed by atoms with van der Waals surface area (Å²) in [5, 5.41) is 8.37. The number of halogens is 17. The molecule has 0 unspecified atom stereocenters. The third kappa shape index (κ3) is 4.12. The van der Waals surface area contributed by atoms with Crippen LogP contribution in [0.4, 0.5) is 74.6 Å². The van der Waals surface area contributed by atoms with Crippen molar-refractivity contribution in [2.24, 2.45) is 0 Å². The van der Waals surface area contributed by atoms with Gasteiger partial charge in [0.2, 0.25) is 0 Å². The maximum atomic E-state index is 14.1. The van der Waals surface area contributed by atoms with Gasteiger partial charge in [0, 0.05) is 17.2 Å². The van der Waals surface area contributed by atoms with Crippen molar-refractivity contribution in [3.63, 3.8) is 0 Å². The third-order valence-electron chi connectivity index (χ3n) is 4.48. The molecule has 0 fully saturated rings. The fourth-order valence-corrected chi connectivity index (χ4v) is 2.35. The average molecular weight is 566 g/mol. The van der Waals surface area contributed by atoms with Crippen molar-refractivity contribution in [3.8, 4) is 0 Å². The fraction of sp³-hybridized carbons (Fsp3) is 0.471. The highest BCUT2D eigenvalue weighted by Crippen LogP contribution is 2.65. The summed E-state index contributed by atoms with van der Waals surface area (Å²) in [5.74, 6) is -58.4. The maximum Gasteiger partial charge on any atom is 0.460 e. The second-order valence-electron chi connectivity index (χ2n) is 6.78. The molecule has 1 aromatic carbocycles. The molecule has 0 bridgehead atoms. The van der Waals surface area contributed by atoms with Crippen LogP contribution in [-0.2, 0) is 5.92 Å². The molecule has 0 amide bonds. The molecule has 0 aliphatic rings. The minimum absolute atomic E-state index is 0.0971. The first-order valence-electron chi connectivity index (χ1n) is 8.37. The molecule has 0 spiro atoms. The number of rotatable bonds is 9. The molecule has 1 rings (SSSR count). The van der Waals surface area contributed by atoms with Crippen molar-refractivity contribution in [2.45, 2.75) is 47.6 Å². The molecule has 0 radical (unpaired) electrons. The zero-order chi connectivity index (χ0) is 29.0. The predicted octanol–water partition coefficient (Wildman–Crippen LogP) is 7.41. The fourth-order valence-electron chi connectivity index (χ4n) is 2.35. The molecular formula is C17H7F17O2. The van der Waals surface area contributed by atoms with E-state index >= 15 is 0 Å². The van der Waals surface area contributed by atoms with Crippen LogP contribution in [0, 0.1) is 0 Å². The lowest BCUT2D eigenvalue weighted by Crippen LogP contribution is -2.74. The third-order valence-corrected chi connectivity index (χ3v) is 4.48. The van der Waals surface area contributed by atoms with Crippen LogP contribution in [0.1, 0.15) is 15.9 Å². The largest absolute Gasteiger partial charge is 0.515 e. The summed E-state index contributed by atoms with van der Waals surface area (Å²) in [6, 6.07) is -0.370. The number of aliphatic hydroxyl groups is 1. The Hall–Kier alpha value is -2.76. The highest BCUT2D eigenvalue weighted by molar-refractivity contribution is 6.04. The summed E-state index contributed by atoms with van der Waals surface area (Å²) in [5.41, 5.74) is -3.18. The molecule has 0 saturated carbocycles. The zero-order valence-corrected chi connectivity index (χ0v) is 16.2. The van der Waals surface area contributed by atoms with Gasteiger partial charge < -0.3 is 5.11 Å². The second-order valence-corrected chi connectivity index (χ2v) is 6.78. The van der Waals surface area contributed by atoms with Gasteiger partial charge in [-0.25, -0.2) is 0 Å². The van der Waals surface area contributed by atoms with Gasteiger partial charge in [-0.3, -0.25) is 4.79 Å². The lowest BCUT2D eigenvalue weighted by Gasteiger charge is -2.42. The standard InChI is InChI=1S/C17H7F17O2/c18-10(19,8-3-1-7(2-4-8)9(36)5-6-35)11(20,21)12(22,23)13(24,25)14(26,27)15(28,29)16(30,31)17(32,33)34/h1-6,35H/b6-5+. The van der Waals surface area contributed by atoms with E-state index in [0.717, 1.165) is 0 Å². The van der Waals surface area contributed by atoms with Gasteiger partial charge in [0.25, 0.3) is 0 Å². The Morgan fingerprint density at radius 1 is 0.556 bits per heavy atom. The van der Waals surface area contributed by atoms with Crippen LogP contribution in [0.15, 0.2) is 36.6 Å². The molecule has 0 aliphatic heterocycles. The molecule has 2 nitrogen and oxygen atoms in total. The van der Waals surface area contributed by atoms with Crippen molar-refractivity contribution in [1.29, 1.82) is 0 Å². The molecule has 1 aromatic rings. The number of ketones is 1. The summed E-state index contributed by atoms with van der Waals surface area (Å²) in [6.07, 6.45) is -7.38. The summed E-state index contributed by atoms with van der Waals surface area (Å²) < 4.78 is 226. The molecule has 19 heteroatoms. The van der Waals surface area contributed by atoms with E-state index in [-0.39, 0.29) is 30.5 Å². The quantitative estimate of drug-likeness (QED) is 0.146. The molecular weight excluding hydrogens is 559 g/mol. The normalized spacial score (nSPS) is 15.5. The number of allylic oxidation sites excluding steroid dienone is 1. The number of carbonyl (C=O) groups is 1. The molecule has 0 saturated heterocycles. The van der Waals surface area contributed by atoms with E-state index in [0.29, 0.717) is 6.08 Å². The van der Waals surface area contributed by atoms with Gasteiger partial charge in [0.15, 0.2) is 5.78 Å². The topological polar surface area (TPSA) is 37.3 Å². The number of benzene rings is 1. The molecule has 0 heterocycles. The molecule has 1 N–H and O–H groups in total. The maximum absolute atomic E-state index is 14.1. The Morgan fingerprint density at radius 3 is 1.22 bits per heavy atom. The first-order valence-corrected chi connectivity index (χ1v) is 8.37. The summed E-state index contributed by atoms with van der Waals surface area (Å²) in [7, 11) is 0. The molecule has 0 aliphatic carbocycles. The Balaban J connectivity index is 3.66. The Labute approximate surface area is 187 Å². The highest BCUT2D eigenvalue weighted by Gasteiger charge is 2.95. The first kappa shape index (κ1) is 31.3. The van der Waals surface area contributed by atoms with Gasteiger partial charge in [-0.1, -0.05) is 24.3 Å². The Morgan fingerprint density at radius 2 is 0.889 bits per heavy atom. The summed E-state index contributed by atoms with van der Waals surface area (Å²) in [6.45, 7) is 0. The summed E-state index contributed by atoms with van der Waals surface area (Å²) >= 11 is 0. The van der Waals surface area contributed by atoms with Crippen LogP contribution >= 0.6 is 0 Å². The van der Waals surface area contributed by atoms with Crippen LogP contribution in [-0.4, -0.2) is 52.6 Å². The van der Waals surface area contributed by atoms with E-state index in [1.807, 2.05) is 0 Å². The lowest BCUT2D eigenvalue weighted by molar-refractivity contribution is -0.462. The number of hydrogen-bond donors (Lipinski definition) is 1. The predicted molar refractivity (Wildman–Crippen MR) is 82.2 cm³/mol. The molecule has 36 heavy (non-hydrogen) atoms. The minimum Gasteiger partial charge on any atom is -0.515 e. The van der Waals surface area contributed by atoms with Gasteiger partial charge in [-0.15, -0.1) is 0 Å². The molecule has 0 aromatic heterocycles. The number of hydrogen-bond acceptors (Lipinski definition) is 2. The number of aliphatic hydroxyl groups excluding tert-OH is 1. The average Bonchev–Trinajstić information content (AvgIpc) is 2.72. The van der Waals surface area contributed by atoms with Crippen molar-refractivity contribution in [3.05, 3.63) is 47.7 Å². The number of carbonyl (C=O) groups excluding carboxylic acids is 1. The highest BCUT2D eigenvalue weighted by atomic mass is 19.4. The van der Waals surface area contributed by atoms with E-state index in [2.05, 4.69) is 0 Å². The van der Waals surface area contributed by atoms with Crippen LogP contribution in [0.5, 0.6) is 0 Å². The summed E-state index contributed by atoms with van der Waals surface area (Å²) in [4.78, 5) is 11.4. The van der Waals surface area contributed by atoms with E-state index in [1.165, 1.54) is 0 Å². The minimum atomic E-state index is -8.70. The van der Waals surface area contributed by atoms with Crippen molar-refractivity contribution in [2.75, 3.05) is 0 Å². The van der Waals surface area contributed by atoms with E-state index in [9.17, 15) is 79.4 Å². The van der Waals surface area contributed by atoms with E-state index in [1.54, 1.807) is 0 Å². The Kier molecular flexibility index (Phi) is 7.53. The van der Waals surface area contributed by atoms with Gasteiger partial charge in [0.1, 0.15) is 0 Å². The van der Waals surface area contributed by atoms with Crippen molar-refractivity contribution >= 4 is 5.78 Å². The number of alkyl halides is 17.